The summed E-state index contributed by atoms with van der Waals surface area (Å²) in [6.07, 6.45) is 2.53. The molecule has 0 aromatic heterocycles. The van der Waals surface area contributed by atoms with E-state index < -0.39 is 0 Å². The topological polar surface area (TPSA) is 49.8 Å². The summed E-state index contributed by atoms with van der Waals surface area (Å²) in [6, 6.07) is 7.89. The lowest BCUT2D eigenvalue weighted by Crippen LogP contribution is -2.41. The Bertz CT molecular complexity index is 458. The van der Waals surface area contributed by atoms with Crippen molar-refractivity contribution >= 4 is 5.91 Å². The molecule has 2 unspecified atom stereocenters. The number of likely N-dealkylation sites (tertiary alicyclic amines) is 1. The Balaban J connectivity index is 1.91. The third-order valence-corrected chi connectivity index (χ3v) is 4.30. The lowest BCUT2D eigenvalue weighted by molar-refractivity contribution is -0.133. The van der Waals surface area contributed by atoms with Crippen LogP contribution in [0.1, 0.15) is 37.7 Å². The van der Waals surface area contributed by atoms with Gasteiger partial charge in [0, 0.05) is 26.1 Å². The molecule has 4 nitrogen and oxygen atoms in total. The summed E-state index contributed by atoms with van der Waals surface area (Å²) >= 11 is 0. The number of methoxy groups -OCH3 is 1. The van der Waals surface area contributed by atoms with Gasteiger partial charge in [-0.1, -0.05) is 19.1 Å². The maximum Gasteiger partial charge on any atom is 0.223 e. The van der Waals surface area contributed by atoms with Crippen LogP contribution in [0.2, 0.25) is 0 Å². The van der Waals surface area contributed by atoms with Gasteiger partial charge in [-0.2, -0.15) is 0 Å². The van der Waals surface area contributed by atoms with Crippen LogP contribution in [-0.4, -0.2) is 42.7 Å². The maximum atomic E-state index is 12.4. The zero-order valence-corrected chi connectivity index (χ0v) is 12.9. The molecule has 21 heavy (non-hydrogen) atoms. The Morgan fingerprint density at radius 1 is 1.43 bits per heavy atom. The number of nitrogens with zero attached hydrogens (tertiary/aromatic N) is 1. The Kier molecular flexibility index (Phi) is 5.62. The molecular weight excluding hydrogens is 266 g/mol. The fourth-order valence-corrected chi connectivity index (χ4v) is 2.88. The van der Waals surface area contributed by atoms with Gasteiger partial charge in [-0.15, -0.1) is 0 Å². The van der Waals surface area contributed by atoms with E-state index >= 15 is 0 Å². The van der Waals surface area contributed by atoms with Gasteiger partial charge < -0.3 is 14.7 Å². The molecule has 1 aliphatic heterocycles. The minimum Gasteiger partial charge on any atom is -0.497 e. The zero-order valence-electron chi connectivity index (χ0n) is 12.9. The van der Waals surface area contributed by atoms with E-state index in [0.717, 1.165) is 30.7 Å². The van der Waals surface area contributed by atoms with Gasteiger partial charge in [0.1, 0.15) is 5.75 Å². The van der Waals surface area contributed by atoms with Gasteiger partial charge in [-0.25, -0.2) is 0 Å². The molecule has 0 spiro atoms. The van der Waals surface area contributed by atoms with Crippen molar-refractivity contribution in [2.75, 3.05) is 26.8 Å². The SMILES string of the molecule is COc1ccc(C(C)CC(=O)N2CCCC(CO)C2)cc1. The molecule has 1 aromatic carbocycles. The van der Waals surface area contributed by atoms with E-state index in [2.05, 4.69) is 6.92 Å². The number of hydrogen-bond acceptors (Lipinski definition) is 3. The maximum absolute atomic E-state index is 12.4. The van der Waals surface area contributed by atoms with E-state index in [0.29, 0.717) is 13.0 Å². The molecule has 0 aliphatic carbocycles. The lowest BCUT2D eigenvalue weighted by atomic mass is 9.95. The molecule has 1 fully saturated rings. The highest BCUT2D eigenvalue weighted by molar-refractivity contribution is 5.77. The predicted octanol–water partition coefficient (Wildman–Crippen LogP) is 2.42. The van der Waals surface area contributed by atoms with Crippen LogP contribution in [0.15, 0.2) is 24.3 Å². The van der Waals surface area contributed by atoms with E-state index in [-0.39, 0.29) is 24.3 Å². The highest BCUT2D eigenvalue weighted by atomic mass is 16.5. The van der Waals surface area contributed by atoms with Crippen LogP contribution >= 0.6 is 0 Å². The first-order valence-corrected chi connectivity index (χ1v) is 7.66. The van der Waals surface area contributed by atoms with E-state index in [9.17, 15) is 9.90 Å². The second-order valence-corrected chi connectivity index (χ2v) is 5.91. The number of carbonyl (C=O) groups excluding carboxylic acids is 1. The molecule has 0 radical (unpaired) electrons. The summed E-state index contributed by atoms with van der Waals surface area (Å²) in [5.74, 6) is 1.47. The number of rotatable bonds is 5. The van der Waals surface area contributed by atoms with Crippen molar-refractivity contribution < 1.29 is 14.6 Å². The number of piperidine rings is 1. The Morgan fingerprint density at radius 3 is 2.76 bits per heavy atom. The average molecular weight is 291 g/mol. The van der Waals surface area contributed by atoms with Crippen molar-refractivity contribution in [1.82, 2.24) is 4.90 Å². The smallest absolute Gasteiger partial charge is 0.223 e. The number of hydrogen-bond donors (Lipinski definition) is 1. The molecule has 1 saturated heterocycles. The highest BCUT2D eigenvalue weighted by Gasteiger charge is 2.24. The van der Waals surface area contributed by atoms with Crippen molar-refractivity contribution in [3.05, 3.63) is 29.8 Å². The van der Waals surface area contributed by atoms with Gasteiger partial charge in [0.2, 0.25) is 5.91 Å². The van der Waals surface area contributed by atoms with Crippen molar-refractivity contribution in [2.24, 2.45) is 5.92 Å². The second-order valence-electron chi connectivity index (χ2n) is 5.91. The number of carbonyl (C=O) groups is 1. The van der Waals surface area contributed by atoms with Crippen molar-refractivity contribution in [3.63, 3.8) is 0 Å². The average Bonchev–Trinajstić information content (AvgIpc) is 2.54. The quantitative estimate of drug-likeness (QED) is 0.906. The van der Waals surface area contributed by atoms with Crippen LogP contribution in [0.25, 0.3) is 0 Å². The molecule has 1 aliphatic rings. The third-order valence-electron chi connectivity index (χ3n) is 4.30. The van der Waals surface area contributed by atoms with Crippen molar-refractivity contribution in [2.45, 2.75) is 32.1 Å². The van der Waals surface area contributed by atoms with E-state index in [1.807, 2.05) is 29.2 Å². The lowest BCUT2D eigenvalue weighted by Gasteiger charge is -2.32. The molecule has 2 atom stereocenters. The summed E-state index contributed by atoms with van der Waals surface area (Å²) in [4.78, 5) is 14.3. The molecule has 4 heteroatoms. The molecule has 1 aromatic rings. The van der Waals surface area contributed by atoms with Crippen LogP contribution in [0.5, 0.6) is 5.75 Å². The fourth-order valence-electron chi connectivity index (χ4n) is 2.88. The van der Waals surface area contributed by atoms with E-state index in [1.54, 1.807) is 7.11 Å². The molecule has 2 rings (SSSR count). The molecule has 0 saturated carbocycles. The summed E-state index contributed by atoms with van der Waals surface area (Å²) in [6.45, 7) is 3.78. The number of ether oxygens (including phenoxy) is 1. The van der Waals surface area contributed by atoms with Crippen molar-refractivity contribution in [3.8, 4) is 5.75 Å². The highest BCUT2D eigenvalue weighted by Crippen LogP contribution is 2.24. The first-order valence-electron chi connectivity index (χ1n) is 7.66. The molecule has 1 amide bonds. The van der Waals surface area contributed by atoms with Gasteiger partial charge in [-0.3, -0.25) is 4.79 Å². The monoisotopic (exact) mass is 291 g/mol. The molecule has 0 bridgehead atoms. The summed E-state index contributed by atoms with van der Waals surface area (Å²) in [5, 5.41) is 9.25. The Labute approximate surface area is 126 Å². The number of amides is 1. The second kappa shape index (κ2) is 7.46. The van der Waals surface area contributed by atoms with Crippen LogP contribution in [0, 0.1) is 5.92 Å². The Hall–Kier alpha value is -1.55. The number of benzene rings is 1. The summed E-state index contributed by atoms with van der Waals surface area (Å²) in [7, 11) is 1.65. The standard InChI is InChI=1S/C17H25NO3/c1-13(15-5-7-16(21-2)8-6-15)10-17(20)18-9-3-4-14(11-18)12-19/h5-8,13-14,19H,3-4,9-12H2,1-2H3. The van der Waals surface area contributed by atoms with Gasteiger partial charge in [0.15, 0.2) is 0 Å². The molecule has 116 valence electrons. The van der Waals surface area contributed by atoms with E-state index in [1.165, 1.54) is 0 Å². The predicted molar refractivity (Wildman–Crippen MR) is 82.4 cm³/mol. The van der Waals surface area contributed by atoms with Crippen molar-refractivity contribution in [1.29, 1.82) is 0 Å². The number of aliphatic hydroxyl groups is 1. The zero-order chi connectivity index (χ0) is 15.2. The Morgan fingerprint density at radius 2 is 2.14 bits per heavy atom. The molecule has 1 heterocycles. The molecule has 1 N–H and O–H groups in total. The first-order chi connectivity index (χ1) is 10.1. The van der Waals surface area contributed by atoms with Gasteiger partial charge >= 0.3 is 0 Å². The van der Waals surface area contributed by atoms with Gasteiger partial charge in [0.05, 0.1) is 7.11 Å². The largest absolute Gasteiger partial charge is 0.497 e. The van der Waals surface area contributed by atoms with E-state index in [4.69, 9.17) is 4.74 Å². The van der Waals surface area contributed by atoms with Crippen LogP contribution < -0.4 is 4.74 Å². The normalized spacial score (nSPS) is 20.1. The summed E-state index contributed by atoms with van der Waals surface area (Å²) < 4.78 is 5.15. The van der Waals surface area contributed by atoms with Crippen LogP contribution in [0.4, 0.5) is 0 Å². The minimum absolute atomic E-state index is 0.178. The fraction of sp³-hybridized carbons (Fsp3) is 0.588. The first kappa shape index (κ1) is 15.8. The number of aliphatic hydroxyl groups excluding tert-OH is 1. The van der Waals surface area contributed by atoms with Gasteiger partial charge in [-0.05, 0) is 42.4 Å². The molecular formula is C17H25NO3. The van der Waals surface area contributed by atoms with Crippen LogP contribution in [0.3, 0.4) is 0 Å². The summed E-state index contributed by atoms with van der Waals surface area (Å²) in [5.41, 5.74) is 1.15. The van der Waals surface area contributed by atoms with Gasteiger partial charge in [0.25, 0.3) is 0 Å². The third kappa shape index (κ3) is 4.21. The van der Waals surface area contributed by atoms with Crippen LogP contribution in [-0.2, 0) is 4.79 Å². The minimum atomic E-state index is 0.178.